The van der Waals surface area contributed by atoms with E-state index in [9.17, 15) is 0 Å². The van der Waals surface area contributed by atoms with Crippen LogP contribution in [-0.2, 0) is 0 Å². The van der Waals surface area contributed by atoms with E-state index >= 15 is 0 Å². The maximum absolute atomic E-state index is 7.57. The molecule has 12 heavy (non-hydrogen) atoms. The first-order chi connectivity index (χ1) is 5.72. The Hall–Kier alpha value is -0.160. The van der Waals surface area contributed by atoms with Gasteiger partial charge in [-0.05, 0) is 13.8 Å². The summed E-state index contributed by atoms with van der Waals surface area (Å²) in [6, 6.07) is 0. The van der Waals surface area contributed by atoms with Crippen molar-refractivity contribution in [3.05, 3.63) is 0 Å². The van der Waals surface area contributed by atoms with Crippen molar-refractivity contribution in [2.24, 2.45) is 5.73 Å². The summed E-state index contributed by atoms with van der Waals surface area (Å²) in [4.78, 5) is 2.27. The number of hydrogen-bond acceptors (Lipinski definition) is 4. The van der Waals surface area contributed by atoms with E-state index < -0.39 is 0 Å². The minimum atomic E-state index is 0.229. The van der Waals surface area contributed by atoms with E-state index in [4.69, 9.17) is 10.8 Å². The van der Waals surface area contributed by atoms with Crippen LogP contribution in [0.25, 0.3) is 0 Å². The maximum Gasteiger partial charge on any atom is 0.0543 e. The van der Waals surface area contributed by atoms with Gasteiger partial charge in [0.1, 0.15) is 0 Å². The molecule has 1 atom stereocenters. The smallest absolute Gasteiger partial charge is 0.0543 e. The lowest BCUT2D eigenvalue weighted by molar-refractivity contribution is 0.188. The molecule has 0 aromatic carbocycles. The second-order valence-electron chi connectivity index (χ2n) is 2.84. The molecule has 0 amide bonds. The highest BCUT2D eigenvalue weighted by molar-refractivity contribution is 4.69. The van der Waals surface area contributed by atoms with Crippen molar-refractivity contribution >= 4 is 0 Å². The van der Waals surface area contributed by atoms with E-state index in [2.05, 4.69) is 10.2 Å². The zero-order valence-corrected chi connectivity index (χ0v) is 8.08. The standard InChI is InChI=1S/C6H15N3.C2H6O/c1-6(7)9-4-2-8-3-5-9;1-2-3/h6,8H,2-5,7H2,1H3;3H,2H2,1H3. The molecule has 0 aliphatic carbocycles. The van der Waals surface area contributed by atoms with Crippen molar-refractivity contribution in [2.75, 3.05) is 32.8 Å². The molecule has 1 aliphatic rings. The summed E-state index contributed by atoms with van der Waals surface area (Å²) in [6.45, 7) is 8.32. The highest BCUT2D eigenvalue weighted by Gasteiger charge is 2.11. The maximum atomic E-state index is 7.57. The molecule has 0 aromatic heterocycles. The Morgan fingerprint density at radius 1 is 1.50 bits per heavy atom. The molecule has 1 heterocycles. The minimum absolute atomic E-state index is 0.229. The monoisotopic (exact) mass is 175 g/mol. The van der Waals surface area contributed by atoms with Gasteiger partial charge in [0, 0.05) is 32.8 Å². The van der Waals surface area contributed by atoms with Gasteiger partial charge in [-0.15, -0.1) is 0 Å². The van der Waals surface area contributed by atoms with Crippen molar-refractivity contribution in [3.8, 4) is 0 Å². The van der Waals surface area contributed by atoms with Crippen LogP contribution in [0.15, 0.2) is 0 Å². The summed E-state index contributed by atoms with van der Waals surface area (Å²) in [7, 11) is 0. The molecule has 1 fully saturated rings. The lowest BCUT2D eigenvalue weighted by Crippen LogP contribution is -2.50. The molecular weight excluding hydrogens is 154 g/mol. The Labute approximate surface area is 74.7 Å². The third-order valence-corrected chi connectivity index (χ3v) is 1.73. The zero-order valence-electron chi connectivity index (χ0n) is 8.08. The summed E-state index contributed by atoms with van der Waals surface area (Å²) in [5.41, 5.74) is 5.67. The summed E-state index contributed by atoms with van der Waals surface area (Å²) in [5.74, 6) is 0. The Morgan fingerprint density at radius 3 is 2.17 bits per heavy atom. The number of piperazine rings is 1. The van der Waals surface area contributed by atoms with E-state index in [0.29, 0.717) is 0 Å². The van der Waals surface area contributed by atoms with Crippen LogP contribution in [0.5, 0.6) is 0 Å². The van der Waals surface area contributed by atoms with Gasteiger partial charge in [-0.25, -0.2) is 0 Å². The molecule has 0 radical (unpaired) electrons. The van der Waals surface area contributed by atoms with Crippen molar-refractivity contribution in [3.63, 3.8) is 0 Å². The average molecular weight is 175 g/mol. The normalized spacial score (nSPS) is 21.0. The van der Waals surface area contributed by atoms with E-state index in [1.807, 2.05) is 6.92 Å². The first kappa shape index (κ1) is 11.8. The fraction of sp³-hybridized carbons (Fsp3) is 1.00. The lowest BCUT2D eigenvalue weighted by Gasteiger charge is -2.30. The van der Waals surface area contributed by atoms with Gasteiger partial charge >= 0.3 is 0 Å². The number of nitrogens with one attached hydrogen (secondary N) is 1. The Balaban J connectivity index is 0.000000354. The molecule has 1 unspecified atom stereocenters. The number of nitrogens with two attached hydrogens (primary N) is 1. The first-order valence-corrected chi connectivity index (χ1v) is 4.53. The highest BCUT2D eigenvalue weighted by atomic mass is 16.2. The molecule has 4 heteroatoms. The van der Waals surface area contributed by atoms with Crippen LogP contribution < -0.4 is 11.1 Å². The Bertz CT molecular complexity index is 92.3. The summed E-state index contributed by atoms with van der Waals surface area (Å²) in [6.07, 6.45) is 0.229. The highest BCUT2D eigenvalue weighted by Crippen LogP contribution is 1.93. The second kappa shape index (κ2) is 7.49. The van der Waals surface area contributed by atoms with Crippen LogP contribution in [0.4, 0.5) is 0 Å². The van der Waals surface area contributed by atoms with Crippen LogP contribution in [-0.4, -0.2) is 49.0 Å². The van der Waals surface area contributed by atoms with Crippen LogP contribution >= 0.6 is 0 Å². The topological polar surface area (TPSA) is 61.5 Å². The van der Waals surface area contributed by atoms with Gasteiger partial charge in [-0.1, -0.05) is 0 Å². The van der Waals surface area contributed by atoms with Crippen molar-refractivity contribution < 1.29 is 5.11 Å². The number of nitrogens with zero attached hydrogens (tertiary/aromatic N) is 1. The van der Waals surface area contributed by atoms with Gasteiger partial charge in [0.2, 0.25) is 0 Å². The number of aliphatic hydroxyl groups is 1. The molecule has 0 saturated carbocycles. The Morgan fingerprint density at radius 2 is 1.92 bits per heavy atom. The third-order valence-electron chi connectivity index (χ3n) is 1.73. The third kappa shape index (κ3) is 5.49. The Kier molecular flexibility index (Phi) is 7.39. The van der Waals surface area contributed by atoms with Crippen LogP contribution in [0.2, 0.25) is 0 Å². The van der Waals surface area contributed by atoms with E-state index in [1.165, 1.54) is 0 Å². The van der Waals surface area contributed by atoms with Gasteiger partial charge in [0.15, 0.2) is 0 Å². The molecule has 0 spiro atoms. The molecule has 74 valence electrons. The van der Waals surface area contributed by atoms with Crippen molar-refractivity contribution in [2.45, 2.75) is 20.0 Å². The molecule has 1 saturated heterocycles. The number of aliphatic hydroxyl groups excluding tert-OH is 1. The van der Waals surface area contributed by atoms with E-state index in [0.717, 1.165) is 26.2 Å². The van der Waals surface area contributed by atoms with Gasteiger partial charge in [-0.2, -0.15) is 0 Å². The summed E-state index contributed by atoms with van der Waals surface area (Å²) < 4.78 is 0. The SMILES string of the molecule is CC(N)N1CCNCC1.CCO. The van der Waals surface area contributed by atoms with Crippen LogP contribution in [0, 0.1) is 0 Å². The predicted octanol–water partition coefficient (Wildman–Crippen LogP) is -0.805. The fourth-order valence-electron chi connectivity index (χ4n) is 1.09. The lowest BCUT2D eigenvalue weighted by atomic mass is 10.3. The van der Waals surface area contributed by atoms with E-state index in [-0.39, 0.29) is 12.8 Å². The largest absolute Gasteiger partial charge is 0.397 e. The van der Waals surface area contributed by atoms with Crippen molar-refractivity contribution in [1.82, 2.24) is 10.2 Å². The molecule has 1 rings (SSSR count). The molecule has 4 N–H and O–H groups in total. The minimum Gasteiger partial charge on any atom is -0.397 e. The summed E-state index contributed by atoms with van der Waals surface area (Å²) >= 11 is 0. The van der Waals surface area contributed by atoms with Crippen LogP contribution in [0.1, 0.15) is 13.8 Å². The van der Waals surface area contributed by atoms with Gasteiger partial charge in [0.25, 0.3) is 0 Å². The van der Waals surface area contributed by atoms with Crippen molar-refractivity contribution in [1.29, 1.82) is 0 Å². The summed E-state index contributed by atoms with van der Waals surface area (Å²) in [5, 5.41) is 10.8. The first-order valence-electron chi connectivity index (χ1n) is 4.53. The van der Waals surface area contributed by atoms with Gasteiger partial charge < -0.3 is 16.2 Å². The number of rotatable bonds is 1. The molecular formula is C8H21N3O. The van der Waals surface area contributed by atoms with Gasteiger partial charge in [0.05, 0.1) is 6.17 Å². The van der Waals surface area contributed by atoms with Gasteiger partial charge in [-0.3, -0.25) is 4.90 Å². The zero-order chi connectivity index (χ0) is 9.40. The van der Waals surface area contributed by atoms with Crippen LogP contribution in [0.3, 0.4) is 0 Å². The molecule has 1 aliphatic heterocycles. The molecule has 4 nitrogen and oxygen atoms in total. The molecule has 0 aromatic rings. The quantitative estimate of drug-likeness (QED) is 0.488. The van der Waals surface area contributed by atoms with E-state index in [1.54, 1.807) is 6.92 Å². The average Bonchev–Trinajstić information content (AvgIpc) is 2.07. The molecule has 0 bridgehead atoms. The fourth-order valence-corrected chi connectivity index (χ4v) is 1.09. The number of hydrogen-bond donors (Lipinski definition) is 3. The second-order valence-corrected chi connectivity index (χ2v) is 2.84. The predicted molar refractivity (Wildman–Crippen MR) is 50.9 cm³/mol.